The molecule has 0 bridgehead atoms. The number of hydrogen-bond donors (Lipinski definition) is 0. The van der Waals surface area contributed by atoms with Gasteiger partial charge in [0.25, 0.3) is 0 Å². The Hall–Kier alpha value is -7.94. The van der Waals surface area contributed by atoms with Crippen LogP contribution in [0.1, 0.15) is 5.48 Å². The van der Waals surface area contributed by atoms with Crippen molar-refractivity contribution in [2.75, 3.05) is 4.90 Å². The molecule has 280 valence electrons. The molecule has 0 saturated heterocycles. The number of nitrogens with zero attached hydrogens (tertiary/aromatic N) is 1. The lowest BCUT2D eigenvalue weighted by atomic mass is 9.96. The zero-order valence-electron chi connectivity index (χ0n) is 36.4. The van der Waals surface area contributed by atoms with Crippen LogP contribution in [-0.4, -0.2) is 0 Å². The molecular weight excluding hydrogens is 727 g/mol. The normalized spacial score (nSPS) is 12.6. The summed E-state index contributed by atoms with van der Waals surface area (Å²) in [5.74, 6) is 0. The number of anilines is 3. The quantitative estimate of drug-likeness (QED) is 0.157. The van der Waals surface area contributed by atoms with Crippen molar-refractivity contribution in [1.82, 2.24) is 0 Å². The van der Waals surface area contributed by atoms with Crippen molar-refractivity contribution >= 4 is 82.1 Å². The van der Waals surface area contributed by atoms with Gasteiger partial charge in [0.15, 0.2) is 0 Å². The average molecular weight is 768 g/mol. The van der Waals surface area contributed by atoms with E-state index in [1.54, 1.807) is 0 Å². The number of furan rings is 1. The minimum absolute atomic E-state index is 0.112. The van der Waals surface area contributed by atoms with Crippen molar-refractivity contribution in [3.05, 3.63) is 224 Å². The summed E-state index contributed by atoms with van der Waals surface area (Å²) in [5.41, 5.74) is 8.20. The summed E-state index contributed by atoms with van der Waals surface area (Å²) in [7, 11) is 0. The fraction of sp³-hybridized carbons (Fsp3) is 0. The Morgan fingerprint density at radius 3 is 1.68 bits per heavy atom. The standard InChI is InChI=1S/C58H37NO/c1-4-13-49-41(9-1)12-7-16-51(49)44-21-19-38(20-22-44)39-25-31-47(32-26-39)59(55-17-8-18-56-57(55)54-36-29-43-11-3-6-15-53(43)58(54)60-56)48-33-27-40(28-34-48)45-30-35-52-46(37-45)24-23-42-10-2-5-14-50(42)52/h1-37H/i27D,28D,33D,34D. The maximum Gasteiger partial charge on any atom is 0.143 e. The molecule has 0 atom stereocenters. The van der Waals surface area contributed by atoms with E-state index in [4.69, 9.17) is 4.42 Å². The van der Waals surface area contributed by atoms with Crippen molar-refractivity contribution < 1.29 is 9.90 Å². The first-order valence-corrected chi connectivity index (χ1v) is 20.3. The Labute approximate surface area is 353 Å². The molecule has 0 aliphatic carbocycles. The summed E-state index contributed by atoms with van der Waals surface area (Å²) in [6.45, 7) is 0. The first kappa shape index (κ1) is 30.2. The van der Waals surface area contributed by atoms with Crippen LogP contribution in [0.3, 0.4) is 0 Å². The van der Waals surface area contributed by atoms with Gasteiger partial charge in [0.1, 0.15) is 11.2 Å². The average Bonchev–Trinajstić information content (AvgIpc) is 3.75. The van der Waals surface area contributed by atoms with Gasteiger partial charge < -0.3 is 9.32 Å². The third-order valence-electron chi connectivity index (χ3n) is 11.9. The van der Waals surface area contributed by atoms with E-state index >= 15 is 0 Å². The van der Waals surface area contributed by atoms with Gasteiger partial charge >= 0.3 is 0 Å². The molecular formula is C58H37NO. The highest BCUT2D eigenvalue weighted by molar-refractivity contribution is 6.19. The van der Waals surface area contributed by atoms with Gasteiger partial charge in [-0.2, -0.15) is 0 Å². The van der Waals surface area contributed by atoms with Gasteiger partial charge in [0.2, 0.25) is 0 Å². The monoisotopic (exact) mass is 767 g/mol. The first-order chi connectivity index (χ1) is 31.4. The Balaban J connectivity index is 1.02. The lowest BCUT2D eigenvalue weighted by Crippen LogP contribution is -2.10. The Bertz CT molecular complexity index is 3800. The second kappa shape index (κ2) is 13.9. The molecule has 0 N–H and O–H groups in total. The van der Waals surface area contributed by atoms with Gasteiger partial charge in [-0.15, -0.1) is 0 Å². The predicted molar refractivity (Wildman–Crippen MR) is 255 cm³/mol. The zero-order chi connectivity index (χ0) is 43.1. The zero-order valence-corrected chi connectivity index (χ0v) is 32.4. The van der Waals surface area contributed by atoms with Crippen LogP contribution < -0.4 is 4.90 Å². The molecule has 60 heavy (non-hydrogen) atoms. The second-order valence-corrected chi connectivity index (χ2v) is 15.3. The topological polar surface area (TPSA) is 16.4 Å². The van der Waals surface area contributed by atoms with Crippen molar-refractivity contribution in [3.63, 3.8) is 0 Å². The molecule has 0 spiro atoms. The van der Waals surface area contributed by atoms with E-state index in [1.165, 1.54) is 16.3 Å². The van der Waals surface area contributed by atoms with Crippen LogP contribution in [0.25, 0.3) is 98.4 Å². The first-order valence-electron chi connectivity index (χ1n) is 22.3. The Kier molecular flexibility index (Phi) is 6.98. The molecule has 0 aliphatic heterocycles. The molecule has 12 rings (SSSR count). The van der Waals surface area contributed by atoms with E-state index in [2.05, 4.69) is 127 Å². The van der Waals surface area contributed by atoms with Crippen molar-refractivity contribution in [2.24, 2.45) is 0 Å². The molecule has 2 nitrogen and oxygen atoms in total. The summed E-state index contributed by atoms with van der Waals surface area (Å²) >= 11 is 0. The van der Waals surface area contributed by atoms with E-state index in [0.717, 1.165) is 65.4 Å². The molecule has 0 amide bonds. The second-order valence-electron chi connectivity index (χ2n) is 15.3. The Morgan fingerprint density at radius 2 is 0.900 bits per heavy atom. The smallest absolute Gasteiger partial charge is 0.143 e. The molecule has 0 unspecified atom stereocenters. The fourth-order valence-electron chi connectivity index (χ4n) is 8.96. The number of hydrogen-bond acceptors (Lipinski definition) is 2. The van der Waals surface area contributed by atoms with Gasteiger partial charge in [-0.05, 0) is 120 Å². The molecule has 0 radical (unpaired) electrons. The Morgan fingerprint density at radius 1 is 0.350 bits per heavy atom. The van der Waals surface area contributed by atoms with Crippen molar-refractivity contribution in [3.8, 4) is 33.4 Å². The van der Waals surface area contributed by atoms with E-state index in [9.17, 15) is 5.48 Å². The van der Waals surface area contributed by atoms with Crippen LogP contribution in [0.4, 0.5) is 17.1 Å². The minimum Gasteiger partial charge on any atom is -0.455 e. The molecule has 0 fully saturated rings. The third kappa shape index (κ3) is 5.65. The SMILES string of the molecule is [2H]c1c([2H])c(N(c2ccc(-c3ccc(-c4cccc5ccccc45)cc3)cc2)c2cccc3oc4c5ccccc5ccc4c23)c([2H])c([2H])c1-c1ccc2c(ccc3ccccc32)c1. The van der Waals surface area contributed by atoms with Crippen LogP contribution in [0.5, 0.6) is 0 Å². The fourth-order valence-corrected chi connectivity index (χ4v) is 8.96. The van der Waals surface area contributed by atoms with E-state index in [0.29, 0.717) is 22.5 Å². The highest BCUT2D eigenvalue weighted by Crippen LogP contribution is 2.45. The maximum atomic E-state index is 9.73. The van der Waals surface area contributed by atoms with Crippen LogP contribution >= 0.6 is 0 Å². The lowest BCUT2D eigenvalue weighted by molar-refractivity contribution is 0.672. The predicted octanol–water partition coefficient (Wildman–Crippen LogP) is 16.7. The van der Waals surface area contributed by atoms with Crippen LogP contribution in [-0.2, 0) is 0 Å². The highest BCUT2D eigenvalue weighted by atomic mass is 16.3. The van der Waals surface area contributed by atoms with E-state index in [1.807, 2.05) is 77.7 Å². The molecule has 11 aromatic carbocycles. The molecule has 0 saturated carbocycles. The largest absolute Gasteiger partial charge is 0.455 e. The van der Waals surface area contributed by atoms with Gasteiger partial charge in [-0.25, -0.2) is 0 Å². The molecule has 2 heteroatoms. The summed E-state index contributed by atoms with van der Waals surface area (Å²) in [6, 6.07) is 67.4. The van der Waals surface area contributed by atoms with Gasteiger partial charge in [-0.1, -0.05) is 176 Å². The highest BCUT2D eigenvalue weighted by Gasteiger charge is 2.21. The lowest BCUT2D eigenvalue weighted by Gasteiger charge is -2.26. The van der Waals surface area contributed by atoms with Gasteiger partial charge in [-0.3, -0.25) is 0 Å². The summed E-state index contributed by atoms with van der Waals surface area (Å²) in [4.78, 5) is 1.87. The van der Waals surface area contributed by atoms with E-state index < -0.39 is 0 Å². The number of benzene rings is 11. The summed E-state index contributed by atoms with van der Waals surface area (Å²) < 4.78 is 45.2. The molecule has 12 aromatic rings. The summed E-state index contributed by atoms with van der Waals surface area (Å²) in [6.07, 6.45) is 0. The van der Waals surface area contributed by atoms with Crippen LogP contribution in [0.15, 0.2) is 229 Å². The van der Waals surface area contributed by atoms with Crippen LogP contribution in [0.2, 0.25) is 0 Å². The maximum absolute atomic E-state index is 9.73. The number of rotatable bonds is 6. The van der Waals surface area contributed by atoms with Crippen molar-refractivity contribution in [1.29, 1.82) is 0 Å². The van der Waals surface area contributed by atoms with Crippen molar-refractivity contribution in [2.45, 2.75) is 0 Å². The molecule has 1 aromatic heterocycles. The van der Waals surface area contributed by atoms with Crippen LogP contribution in [0, 0.1) is 0 Å². The summed E-state index contributed by atoms with van der Waals surface area (Å²) in [5, 5.41) is 10.5. The molecule has 1 heterocycles. The number of fused-ring (bicyclic) bond motifs is 9. The minimum atomic E-state index is -0.141. The third-order valence-corrected chi connectivity index (χ3v) is 11.9. The van der Waals surface area contributed by atoms with E-state index in [-0.39, 0.29) is 35.4 Å². The molecule has 0 aliphatic rings. The van der Waals surface area contributed by atoms with Gasteiger partial charge in [0.05, 0.1) is 16.6 Å². The van der Waals surface area contributed by atoms with Gasteiger partial charge in [0, 0.05) is 22.1 Å².